The molecular weight excluding hydrogens is 138 g/mol. The Morgan fingerprint density at radius 1 is 1.55 bits per heavy atom. The molecule has 54 valence electrons. The summed E-state index contributed by atoms with van der Waals surface area (Å²) in [6, 6.07) is 9.63. The van der Waals surface area contributed by atoms with Crippen molar-refractivity contribution in [3.05, 3.63) is 35.4 Å². The largest absolute Gasteiger partial charge is 0.368 e. The topological polar surface area (TPSA) is 36.3 Å². The maximum atomic E-state index is 8.57. The van der Waals surface area contributed by atoms with E-state index in [0.29, 0.717) is 5.56 Å². The molecular formula is C9H7NO. The Morgan fingerprint density at radius 3 is 3.00 bits per heavy atom. The Morgan fingerprint density at radius 2 is 2.36 bits per heavy atom. The Labute approximate surface area is 65.0 Å². The van der Waals surface area contributed by atoms with Crippen molar-refractivity contribution in [3.63, 3.8) is 0 Å². The Kier molecular flexibility index (Phi) is 1.38. The zero-order valence-electron chi connectivity index (χ0n) is 5.95. The molecule has 1 heterocycles. The van der Waals surface area contributed by atoms with E-state index in [9.17, 15) is 0 Å². The number of rotatable bonds is 1. The van der Waals surface area contributed by atoms with Gasteiger partial charge in [0.1, 0.15) is 6.10 Å². The zero-order valence-corrected chi connectivity index (χ0v) is 5.95. The number of hydrogen-bond donors (Lipinski definition) is 0. The quantitative estimate of drug-likeness (QED) is 0.563. The van der Waals surface area contributed by atoms with Gasteiger partial charge >= 0.3 is 0 Å². The molecule has 11 heavy (non-hydrogen) atoms. The molecule has 0 unspecified atom stereocenters. The van der Waals surface area contributed by atoms with Crippen LogP contribution in [0.2, 0.25) is 0 Å². The molecule has 1 aliphatic heterocycles. The van der Waals surface area contributed by atoms with Gasteiger partial charge in [0.25, 0.3) is 0 Å². The molecule has 0 bridgehead atoms. The van der Waals surface area contributed by atoms with Crippen molar-refractivity contribution in [1.82, 2.24) is 0 Å². The van der Waals surface area contributed by atoms with Crippen molar-refractivity contribution < 1.29 is 4.74 Å². The van der Waals surface area contributed by atoms with E-state index in [1.807, 2.05) is 18.2 Å². The molecule has 1 aromatic carbocycles. The van der Waals surface area contributed by atoms with Crippen LogP contribution in [-0.4, -0.2) is 6.61 Å². The van der Waals surface area contributed by atoms with E-state index in [0.717, 1.165) is 12.2 Å². The molecule has 1 fully saturated rings. The van der Waals surface area contributed by atoms with Gasteiger partial charge in [-0.2, -0.15) is 5.26 Å². The molecule has 1 aliphatic rings. The first-order valence-corrected chi connectivity index (χ1v) is 3.52. The highest BCUT2D eigenvalue weighted by Crippen LogP contribution is 2.29. The molecule has 0 spiro atoms. The van der Waals surface area contributed by atoms with E-state index in [-0.39, 0.29) is 6.10 Å². The average molecular weight is 145 g/mol. The molecule has 0 amide bonds. The lowest BCUT2D eigenvalue weighted by atomic mass is 10.1. The summed E-state index contributed by atoms with van der Waals surface area (Å²) in [5.74, 6) is 0. The highest BCUT2D eigenvalue weighted by Gasteiger charge is 2.24. The minimum atomic E-state index is 0.253. The Bertz CT molecular complexity index is 310. The molecule has 0 aromatic heterocycles. The van der Waals surface area contributed by atoms with Gasteiger partial charge in [-0.3, -0.25) is 0 Å². The van der Waals surface area contributed by atoms with Crippen molar-refractivity contribution in [2.75, 3.05) is 6.61 Å². The molecule has 1 aromatic rings. The minimum Gasteiger partial charge on any atom is -0.368 e. The minimum absolute atomic E-state index is 0.253. The number of ether oxygens (including phenoxy) is 1. The highest BCUT2D eigenvalue weighted by atomic mass is 16.6. The fourth-order valence-electron chi connectivity index (χ4n) is 1.05. The molecule has 1 saturated heterocycles. The summed E-state index contributed by atoms with van der Waals surface area (Å²) in [5, 5.41) is 8.57. The lowest BCUT2D eigenvalue weighted by Crippen LogP contribution is -1.81. The number of benzene rings is 1. The average Bonchev–Trinajstić information content (AvgIpc) is 2.87. The predicted molar refractivity (Wildman–Crippen MR) is 39.9 cm³/mol. The lowest BCUT2D eigenvalue weighted by Gasteiger charge is -1.93. The van der Waals surface area contributed by atoms with Gasteiger partial charge in [-0.15, -0.1) is 0 Å². The molecule has 2 rings (SSSR count). The first-order valence-electron chi connectivity index (χ1n) is 3.52. The first kappa shape index (κ1) is 6.38. The van der Waals surface area contributed by atoms with E-state index in [1.165, 1.54) is 0 Å². The monoisotopic (exact) mass is 145 g/mol. The van der Waals surface area contributed by atoms with Gasteiger partial charge in [0.2, 0.25) is 0 Å². The summed E-state index contributed by atoms with van der Waals surface area (Å²) >= 11 is 0. The maximum absolute atomic E-state index is 8.57. The second-order valence-corrected chi connectivity index (χ2v) is 2.56. The second-order valence-electron chi connectivity index (χ2n) is 2.56. The van der Waals surface area contributed by atoms with Crippen molar-refractivity contribution >= 4 is 0 Å². The molecule has 0 N–H and O–H groups in total. The summed E-state index contributed by atoms with van der Waals surface area (Å²) in [6.45, 7) is 0.800. The van der Waals surface area contributed by atoms with Crippen LogP contribution >= 0.6 is 0 Å². The normalized spacial score (nSPS) is 20.8. The standard InChI is InChI=1S/C9H7NO/c10-5-7-2-1-3-8(4-7)9-6-11-9/h1-4,9H,6H2/t9-/m1/s1. The van der Waals surface area contributed by atoms with Gasteiger partial charge in [0, 0.05) is 0 Å². The van der Waals surface area contributed by atoms with Crippen molar-refractivity contribution in [2.24, 2.45) is 0 Å². The fourth-order valence-corrected chi connectivity index (χ4v) is 1.05. The smallest absolute Gasteiger partial charge is 0.106 e. The van der Waals surface area contributed by atoms with Crippen LogP contribution in [0, 0.1) is 11.3 Å². The number of epoxide rings is 1. The molecule has 0 radical (unpaired) electrons. The summed E-state index contributed by atoms with van der Waals surface area (Å²) in [4.78, 5) is 0. The third kappa shape index (κ3) is 1.24. The van der Waals surface area contributed by atoms with Crippen LogP contribution in [0.25, 0.3) is 0 Å². The summed E-state index contributed by atoms with van der Waals surface area (Å²) in [5.41, 5.74) is 1.82. The van der Waals surface area contributed by atoms with Crippen LogP contribution in [-0.2, 0) is 4.74 Å². The van der Waals surface area contributed by atoms with Crippen LogP contribution in [0.15, 0.2) is 24.3 Å². The van der Waals surface area contributed by atoms with Crippen LogP contribution < -0.4 is 0 Å². The first-order chi connectivity index (χ1) is 5.40. The fraction of sp³-hybridized carbons (Fsp3) is 0.222. The van der Waals surface area contributed by atoms with Crippen LogP contribution in [0.5, 0.6) is 0 Å². The molecule has 1 atom stereocenters. The highest BCUT2D eigenvalue weighted by molar-refractivity contribution is 5.34. The van der Waals surface area contributed by atoms with Crippen molar-refractivity contribution in [3.8, 4) is 6.07 Å². The molecule has 0 aliphatic carbocycles. The molecule has 0 saturated carbocycles. The molecule has 2 heteroatoms. The van der Waals surface area contributed by atoms with Gasteiger partial charge < -0.3 is 4.74 Å². The van der Waals surface area contributed by atoms with Gasteiger partial charge in [-0.05, 0) is 17.7 Å². The summed E-state index contributed by atoms with van der Waals surface area (Å²) in [6.07, 6.45) is 0.253. The third-order valence-electron chi connectivity index (χ3n) is 1.72. The lowest BCUT2D eigenvalue weighted by molar-refractivity contribution is 0.415. The van der Waals surface area contributed by atoms with Crippen LogP contribution in [0.1, 0.15) is 17.2 Å². The van der Waals surface area contributed by atoms with Crippen LogP contribution in [0.4, 0.5) is 0 Å². The van der Waals surface area contributed by atoms with Gasteiger partial charge in [0.15, 0.2) is 0 Å². The second kappa shape index (κ2) is 2.37. The Hall–Kier alpha value is -1.33. The van der Waals surface area contributed by atoms with Gasteiger partial charge in [-0.25, -0.2) is 0 Å². The Balaban J connectivity index is 2.35. The van der Waals surface area contributed by atoms with E-state index < -0.39 is 0 Å². The predicted octanol–water partition coefficient (Wildman–Crippen LogP) is 1.63. The summed E-state index contributed by atoms with van der Waals surface area (Å²) < 4.78 is 5.08. The SMILES string of the molecule is N#Cc1cccc([C@H]2CO2)c1. The number of nitriles is 1. The zero-order chi connectivity index (χ0) is 7.68. The maximum Gasteiger partial charge on any atom is 0.106 e. The van der Waals surface area contributed by atoms with E-state index >= 15 is 0 Å². The van der Waals surface area contributed by atoms with Crippen molar-refractivity contribution in [1.29, 1.82) is 5.26 Å². The summed E-state index contributed by atoms with van der Waals surface area (Å²) in [7, 11) is 0. The van der Waals surface area contributed by atoms with E-state index in [1.54, 1.807) is 6.07 Å². The van der Waals surface area contributed by atoms with Gasteiger partial charge in [-0.1, -0.05) is 12.1 Å². The number of nitrogens with zero attached hydrogens (tertiary/aromatic N) is 1. The van der Waals surface area contributed by atoms with Crippen molar-refractivity contribution in [2.45, 2.75) is 6.10 Å². The number of hydrogen-bond acceptors (Lipinski definition) is 2. The third-order valence-corrected chi connectivity index (χ3v) is 1.72. The van der Waals surface area contributed by atoms with Crippen LogP contribution in [0.3, 0.4) is 0 Å². The van der Waals surface area contributed by atoms with E-state index in [4.69, 9.17) is 10.00 Å². The van der Waals surface area contributed by atoms with E-state index in [2.05, 4.69) is 6.07 Å². The van der Waals surface area contributed by atoms with Gasteiger partial charge in [0.05, 0.1) is 18.2 Å². The molecule has 2 nitrogen and oxygen atoms in total.